The summed E-state index contributed by atoms with van der Waals surface area (Å²) in [5.41, 5.74) is 3.61. The Labute approximate surface area is 140 Å². The van der Waals surface area contributed by atoms with Crippen molar-refractivity contribution in [3.63, 3.8) is 0 Å². The van der Waals surface area contributed by atoms with Crippen molar-refractivity contribution >= 4 is 37.5 Å². The number of ether oxygens (including phenoxy) is 2. The van der Waals surface area contributed by atoms with E-state index in [4.69, 9.17) is 9.47 Å². The van der Waals surface area contributed by atoms with Gasteiger partial charge in [-0.15, -0.1) is 0 Å². The van der Waals surface area contributed by atoms with E-state index in [0.717, 1.165) is 44.7 Å². The molecule has 3 rings (SSSR count). The van der Waals surface area contributed by atoms with Crippen molar-refractivity contribution in [2.75, 3.05) is 12.1 Å². The smallest absolute Gasteiger partial charge is 0.231 e. The van der Waals surface area contributed by atoms with Gasteiger partial charge < -0.3 is 14.8 Å². The van der Waals surface area contributed by atoms with E-state index >= 15 is 0 Å². The average Bonchev–Trinajstić information content (AvgIpc) is 2.94. The highest BCUT2D eigenvalue weighted by Gasteiger charge is 2.17. The molecule has 0 radical (unpaired) electrons. The van der Waals surface area contributed by atoms with Crippen LogP contribution < -0.4 is 14.8 Å². The maximum absolute atomic E-state index is 5.45. The minimum Gasteiger partial charge on any atom is -0.454 e. The molecule has 0 amide bonds. The second-order valence-corrected chi connectivity index (χ2v) is 6.59. The van der Waals surface area contributed by atoms with Gasteiger partial charge in [-0.05, 0) is 63.8 Å². The highest BCUT2D eigenvalue weighted by molar-refractivity contribution is 9.10. The molecule has 2 aromatic carbocycles. The van der Waals surface area contributed by atoms with E-state index in [-0.39, 0.29) is 6.79 Å². The molecule has 1 aliphatic rings. The Bertz CT molecular complexity index is 674. The standard InChI is InChI=1S/C16H15Br2NO2/c1-2-11-7-12(17)3-4-14(11)19-8-10-5-13(18)16-15(6-10)20-9-21-16/h3-7,19H,2,8-9H2,1H3. The highest BCUT2D eigenvalue weighted by Crippen LogP contribution is 2.40. The van der Waals surface area contributed by atoms with Gasteiger partial charge in [0.15, 0.2) is 11.5 Å². The molecule has 0 unspecified atom stereocenters. The van der Waals surface area contributed by atoms with Gasteiger partial charge >= 0.3 is 0 Å². The van der Waals surface area contributed by atoms with Crippen LogP contribution in [0.5, 0.6) is 11.5 Å². The second kappa shape index (κ2) is 6.28. The van der Waals surface area contributed by atoms with Crippen LogP contribution in [-0.4, -0.2) is 6.79 Å². The summed E-state index contributed by atoms with van der Waals surface area (Å²) in [4.78, 5) is 0. The number of anilines is 1. The fourth-order valence-electron chi connectivity index (χ4n) is 2.35. The van der Waals surface area contributed by atoms with Gasteiger partial charge in [0.25, 0.3) is 0 Å². The molecule has 5 heteroatoms. The molecule has 1 aliphatic heterocycles. The van der Waals surface area contributed by atoms with Crippen molar-refractivity contribution in [3.8, 4) is 11.5 Å². The first-order valence-electron chi connectivity index (χ1n) is 6.77. The lowest BCUT2D eigenvalue weighted by Crippen LogP contribution is -2.02. The minimum absolute atomic E-state index is 0.289. The largest absolute Gasteiger partial charge is 0.454 e. The zero-order chi connectivity index (χ0) is 14.8. The number of hydrogen-bond acceptors (Lipinski definition) is 3. The Morgan fingerprint density at radius 1 is 1.14 bits per heavy atom. The van der Waals surface area contributed by atoms with Gasteiger partial charge in [-0.25, -0.2) is 0 Å². The molecular formula is C16H15Br2NO2. The molecule has 0 aromatic heterocycles. The number of fused-ring (bicyclic) bond motifs is 1. The van der Waals surface area contributed by atoms with E-state index in [9.17, 15) is 0 Å². The molecule has 110 valence electrons. The summed E-state index contributed by atoms with van der Waals surface area (Å²) >= 11 is 7.04. The Morgan fingerprint density at radius 3 is 2.81 bits per heavy atom. The van der Waals surface area contributed by atoms with E-state index in [1.807, 2.05) is 6.07 Å². The van der Waals surface area contributed by atoms with Crippen LogP contribution in [0.1, 0.15) is 18.1 Å². The van der Waals surface area contributed by atoms with Crippen molar-refractivity contribution in [3.05, 3.63) is 50.4 Å². The predicted molar refractivity (Wildman–Crippen MR) is 91.1 cm³/mol. The van der Waals surface area contributed by atoms with Crippen LogP contribution in [0.2, 0.25) is 0 Å². The van der Waals surface area contributed by atoms with Gasteiger partial charge in [0.05, 0.1) is 4.47 Å². The van der Waals surface area contributed by atoms with Gasteiger partial charge in [-0.1, -0.05) is 22.9 Å². The molecule has 0 spiro atoms. The number of aryl methyl sites for hydroxylation is 1. The third kappa shape index (κ3) is 3.19. The molecule has 0 aliphatic carbocycles. The zero-order valence-electron chi connectivity index (χ0n) is 11.6. The van der Waals surface area contributed by atoms with Crippen LogP contribution in [0.25, 0.3) is 0 Å². The van der Waals surface area contributed by atoms with Crippen molar-refractivity contribution in [1.29, 1.82) is 0 Å². The van der Waals surface area contributed by atoms with Crippen molar-refractivity contribution in [2.45, 2.75) is 19.9 Å². The van der Waals surface area contributed by atoms with Crippen molar-refractivity contribution in [2.24, 2.45) is 0 Å². The van der Waals surface area contributed by atoms with E-state index in [0.29, 0.717) is 0 Å². The lowest BCUT2D eigenvalue weighted by molar-refractivity contribution is 0.173. The number of hydrogen-bond donors (Lipinski definition) is 1. The van der Waals surface area contributed by atoms with Gasteiger partial charge in [-0.3, -0.25) is 0 Å². The normalized spacial score (nSPS) is 12.5. The Balaban J connectivity index is 1.78. The van der Waals surface area contributed by atoms with Gasteiger partial charge in [0.1, 0.15) is 0 Å². The van der Waals surface area contributed by atoms with E-state index in [1.54, 1.807) is 0 Å². The monoisotopic (exact) mass is 411 g/mol. The number of nitrogens with one attached hydrogen (secondary N) is 1. The molecule has 0 fully saturated rings. The number of benzene rings is 2. The lowest BCUT2D eigenvalue weighted by Gasteiger charge is -2.12. The Hall–Kier alpha value is -1.20. The lowest BCUT2D eigenvalue weighted by atomic mass is 10.1. The second-order valence-electron chi connectivity index (χ2n) is 4.82. The van der Waals surface area contributed by atoms with Gasteiger partial charge in [0.2, 0.25) is 6.79 Å². The van der Waals surface area contributed by atoms with Crippen LogP contribution in [0, 0.1) is 0 Å². The Morgan fingerprint density at radius 2 is 2.00 bits per heavy atom. The van der Waals surface area contributed by atoms with E-state index < -0.39 is 0 Å². The van der Waals surface area contributed by atoms with Gasteiger partial charge in [0, 0.05) is 16.7 Å². The summed E-state index contributed by atoms with van der Waals surface area (Å²) in [5, 5.41) is 3.49. The van der Waals surface area contributed by atoms with Crippen LogP contribution in [0.15, 0.2) is 39.3 Å². The third-order valence-corrected chi connectivity index (χ3v) is 4.50. The molecular weight excluding hydrogens is 398 g/mol. The first-order valence-corrected chi connectivity index (χ1v) is 8.36. The molecule has 0 saturated carbocycles. The maximum atomic E-state index is 5.45. The molecule has 0 atom stereocenters. The van der Waals surface area contributed by atoms with E-state index in [1.165, 1.54) is 5.56 Å². The first-order chi connectivity index (χ1) is 10.2. The van der Waals surface area contributed by atoms with E-state index in [2.05, 4.69) is 68.4 Å². The number of halogens is 2. The van der Waals surface area contributed by atoms with Crippen LogP contribution in [0.4, 0.5) is 5.69 Å². The van der Waals surface area contributed by atoms with Crippen LogP contribution in [0.3, 0.4) is 0 Å². The fourth-order valence-corrected chi connectivity index (χ4v) is 3.36. The number of rotatable bonds is 4. The summed E-state index contributed by atoms with van der Waals surface area (Å²) in [7, 11) is 0. The topological polar surface area (TPSA) is 30.5 Å². The van der Waals surface area contributed by atoms with Crippen molar-refractivity contribution < 1.29 is 9.47 Å². The molecule has 1 heterocycles. The first kappa shape index (κ1) is 14.7. The quantitative estimate of drug-likeness (QED) is 0.756. The summed E-state index contributed by atoms with van der Waals surface area (Å²) < 4.78 is 12.9. The molecule has 0 bridgehead atoms. The minimum atomic E-state index is 0.289. The highest BCUT2D eigenvalue weighted by atomic mass is 79.9. The third-order valence-electron chi connectivity index (χ3n) is 3.42. The SMILES string of the molecule is CCc1cc(Br)ccc1NCc1cc(Br)c2c(c1)OCO2. The Kier molecular flexibility index (Phi) is 4.40. The summed E-state index contributed by atoms with van der Waals surface area (Å²) in [5.74, 6) is 1.59. The molecule has 2 aromatic rings. The van der Waals surface area contributed by atoms with Crippen LogP contribution >= 0.6 is 31.9 Å². The van der Waals surface area contributed by atoms with Crippen LogP contribution in [-0.2, 0) is 13.0 Å². The fraction of sp³-hybridized carbons (Fsp3) is 0.250. The zero-order valence-corrected chi connectivity index (χ0v) is 14.8. The molecule has 3 nitrogen and oxygen atoms in total. The molecule has 1 N–H and O–H groups in total. The molecule has 0 saturated heterocycles. The average molecular weight is 413 g/mol. The summed E-state index contributed by atoms with van der Waals surface area (Å²) in [6.07, 6.45) is 0.993. The van der Waals surface area contributed by atoms with Gasteiger partial charge in [-0.2, -0.15) is 0 Å². The summed E-state index contributed by atoms with van der Waals surface area (Å²) in [6, 6.07) is 10.4. The van der Waals surface area contributed by atoms with Crippen molar-refractivity contribution in [1.82, 2.24) is 0 Å². The predicted octanol–water partition coefficient (Wildman–Crippen LogP) is 5.11. The summed E-state index contributed by atoms with van der Waals surface area (Å²) in [6.45, 7) is 3.19. The molecule has 21 heavy (non-hydrogen) atoms. The maximum Gasteiger partial charge on any atom is 0.231 e.